The van der Waals surface area contributed by atoms with Gasteiger partial charge < -0.3 is 20.4 Å². The van der Waals surface area contributed by atoms with Gasteiger partial charge in [-0.1, -0.05) is 18.2 Å². The molecule has 2 heterocycles. The fourth-order valence-electron chi connectivity index (χ4n) is 2.65. The number of morpholine rings is 1. The maximum atomic E-state index is 11.9. The van der Waals surface area contributed by atoms with Crippen LogP contribution in [-0.2, 0) is 16.0 Å². The van der Waals surface area contributed by atoms with Crippen LogP contribution < -0.4 is 10.6 Å². The number of nitrogens with one attached hydrogen (secondary N) is 3. The molecule has 0 saturated carbocycles. The fraction of sp³-hybridized carbons (Fsp3) is 0.438. The van der Waals surface area contributed by atoms with Crippen molar-refractivity contribution in [1.29, 1.82) is 0 Å². The zero-order valence-corrected chi connectivity index (χ0v) is 12.0. The van der Waals surface area contributed by atoms with Crippen LogP contribution in [0, 0.1) is 0 Å². The third-order valence-electron chi connectivity index (χ3n) is 3.83. The van der Waals surface area contributed by atoms with Gasteiger partial charge in [0, 0.05) is 43.2 Å². The van der Waals surface area contributed by atoms with E-state index in [9.17, 15) is 4.79 Å². The number of benzene rings is 1. The lowest BCUT2D eigenvalue weighted by atomic mass is 10.1. The standard InChI is InChI=1S/C16H21N3O2/c20-16(19-11-13-10-17-7-8-21-13)6-5-12-9-18-15-4-2-1-3-14(12)15/h1-4,9,13,17-18H,5-8,10-11H2,(H,19,20). The van der Waals surface area contributed by atoms with E-state index in [2.05, 4.69) is 21.7 Å². The number of aromatic nitrogens is 1. The summed E-state index contributed by atoms with van der Waals surface area (Å²) < 4.78 is 5.55. The molecular weight excluding hydrogens is 266 g/mol. The molecule has 1 aliphatic heterocycles. The maximum absolute atomic E-state index is 11.9. The Hall–Kier alpha value is -1.85. The average Bonchev–Trinajstić information content (AvgIpc) is 2.95. The molecule has 3 rings (SSSR count). The second-order valence-corrected chi connectivity index (χ2v) is 5.36. The molecule has 1 aliphatic rings. The Balaban J connectivity index is 1.47. The SMILES string of the molecule is O=C(CCc1c[nH]c2ccccc12)NCC1CNCCO1. The molecule has 1 unspecified atom stereocenters. The minimum atomic E-state index is 0.0782. The van der Waals surface area contributed by atoms with Crippen molar-refractivity contribution >= 4 is 16.8 Å². The van der Waals surface area contributed by atoms with E-state index in [0.29, 0.717) is 13.0 Å². The molecule has 112 valence electrons. The molecule has 21 heavy (non-hydrogen) atoms. The monoisotopic (exact) mass is 287 g/mol. The fourth-order valence-corrected chi connectivity index (χ4v) is 2.65. The Morgan fingerprint density at radius 1 is 1.38 bits per heavy atom. The summed E-state index contributed by atoms with van der Waals surface area (Å²) in [4.78, 5) is 15.2. The molecule has 0 radical (unpaired) electrons. The van der Waals surface area contributed by atoms with Crippen molar-refractivity contribution in [3.63, 3.8) is 0 Å². The summed E-state index contributed by atoms with van der Waals surface area (Å²) in [6.45, 7) is 3.00. The molecule has 1 amide bonds. The Morgan fingerprint density at radius 3 is 3.14 bits per heavy atom. The molecule has 1 aromatic heterocycles. The number of para-hydroxylation sites is 1. The van der Waals surface area contributed by atoms with E-state index in [4.69, 9.17) is 4.74 Å². The quantitative estimate of drug-likeness (QED) is 0.774. The van der Waals surface area contributed by atoms with Crippen LogP contribution >= 0.6 is 0 Å². The number of aryl methyl sites for hydroxylation is 1. The van der Waals surface area contributed by atoms with Crippen LogP contribution in [-0.4, -0.2) is 43.2 Å². The molecular formula is C16H21N3O2. The maximum Gasteiger partial charge on any atom is 0.220 e. The van der Waals surface area contributed by atoms with Gasteiger partial charge in [0.15, 0.2) is 0 Å². The summed E-state index contributed by atoms with van der Waals surface area (Å²) in [5, 5.41) is 7.40. The van der Waals surface area contributed by atoms with E-state index >= 15 is 0 Å². The highest BCUT2D eigenvalue weighted by molar-refractivity contribution is 5.84. The molecule has 1 atom stereocenters. The summed E-state index contributed by atoms with van der Waals surface area (Å²) in [6.07, 6.45) is 3.34. The van der Waals surface area contributed by atoms with Gasteiger partial charge in [-0.25, -0.2) is 0 Å². The lowest BCUT2D eigenvalue weighted by molar-refractivity contribution is -0.121. The lowest BCUT2D eigenvalue weighted by Gasteiger charge is -2.23. The van der Waals surface area contributed by atoms with Gasteiger partial charge in [-0.05, 0) is 18.1 Å². The number of hydrogen-bond acceptors (Lipinski definition) is 3. The van der Waals surface area contributed by atoms with Crippen molar-refractivity contribution in [2.24, 2.45) is 0 Å². The van der Waals surface area contributed by atoms with Gasteiger partial charge in [-0.15, -0.1) is 0 Å². The molecule has 5 nitrogen and oxygen atoms in total. The van der Waals surface area contributed by atoms with Gasteiger partial charge in [0.1, 0.15) is 0 Å². The number of aromatic amines is 1. The average molecular weight is 287 g/mol. The van der Waals surface area contributed by atoms with Gasteiger partial charge in [-0.3, -0.25) is 4.79 Å². The van der Waals surface area contributed by atoms with Crippen molar-refractivity contribution in [1.82, 2.24) is 15.6 Å². The first kappa shape index (κ1) is 14.1. The molecule has 0 bridgehead atoms. The first-order chi connectivity index (χ1) is 10.3. The summed E-state index contributed by atoms with van der Waals surface area (Å²) in [7, 11) is 0. The normalized spacial score (nSPS) is 18.8. The molecule has 1 fully saturated rings. The lowest BCUT2D eigenvalue weighted by Crippen LogP contribution is -2.45. The van der Waals surface area contributed by atoms with Crippen LogP contribution in [0.15, 0.2) is 30.5 Å². The minimum Gasteiger partial charge on any atom is -0.374 e. The molecule has 3 N–H and O–H groups in total. The van der Waals surface area contributed by atoms with Crippen LogP contribution in [0.25, 0.3) is 10.9 Å². The minimum absolute atomic E-state index is 0.0782. The zero-order chi connectivity index (χ0) is 14.5. The summed E-state index contributed by atoms with van der Waals surface area (Å²) in [5.41, 5.74) is 2.31. The first-order valence-electron chi connectivity index (χ1n) is 7.47. The van der Waals surface area contributed by atoms with Gasteiger partial charge in [0.25, 0.3) is 0 Å². The van der Waals surface area contributed by atoms with Crippen LogP contribution in [0.5, 0.6) is 0 Å². The van der Waals surface area contributed by atoms with Gasteiger partial charge >= 0.3 is 0 Å². The van der Waals surface area contributed by atoms with Crippen molar-refractivity contribution in [3.05, 3.63) is 36.0 Å². The third kappa shape index (κ3) is 3.62. The number of carbonyl (C=O) groups is 1. The predicted octanol–water partition coefficient (Wildman–Crippen LogP) is 1.21. The van der Waals surface area contributed by atoms with E-state index in [1.54, 1.807) is 0 Å². The van der Waals surface area contributed by atoms with Crippen LogP contribution in [0.3, 0.4) is 0 Å². The number of fused-ring (bicyclic) bond motifs is 1. The Labute approximate surface area is 124 Å². The first-order valence-corrected chi connectivity index (χ1v) is 7.47. The topological polar surface area (TPSA) is 66.2 Å². The molecule has 0 spiro atoms. The van der Waals surface area contributed by atoms with Crippen molar-refractivity contribution in [2.45, 2.75) is 18.9 Å². The number of carbonyl (C=O) groups excluding carboxylic acids is 1. The van der Waals surface area contributed by atoms with E-state index in [0.717, 1.165) is 31.6 Å². The summed E-state index contributed by atoms with van der Waals surface area (Å²) >= 11 is 0. The second kappa shape index (κ2) is 6.74. The second-order valence-electron chi connectivity index (χ2n) is 5.36. The number of hydrogen-bond donors (Lipinski definition) is 3. The van der Waals surface area contributed by atoms with Crippen molar-refractivity contribution in [2.75, 3.05) is 26.2 Å². The van der Waals surface area contributed by atoms with E-state index < -0.39 is 0 Å². The largest absolute Gasteiger partial charge is 0.374 e. The summed E-state index contributed by atoms with van der Waals surface area (Å²) in [6, 6.07) is 8.16. The third-order valence-corrected chi connectivity index (χ3v) is 3.83. The Bertz CT molecular complexity index is 602. The van der Waals surface area contributed by atoms with E-state index in [1.165, 1.54) is 10.9 Å². The summed E-state index contributed by atoms with van der Waals surface area (Å²) in [5.74, 6) is 0.0782. The highest BCUT2D eigenvalue weighted by atomic mass is 16.5. The molecule has 2 aromatic rings. The van der Waals surface area contributed by atoms with Crippen molar-refractivity contribution < 1.29 is 9.53 Å². The highest BCUT2D eigenvalue weighted by Crippen LogP contribution is 2.18. The van der Waals surface area contributed by atoms with Crippen LogP contribution in [0.1, 0.15) is 12.0 Å². The zero-order valence-electron chi connectivity index (χ0n) is 12.0. The molecule has 1 saturated heterocycles. The number of amides is 1. The number of H-pyrrole nitrogens is 1. The Morgan fingerprint density at radius 2 is 2.29 bits per heavy atom. The molecule has 1 aromatic carbocycles. The van der Waals surface area contributed by atoms with Gasteiger partial charge in [0.2, 0.25) is 5.91 Å². The van der Waals surface area contributed by atoms with Gasteiger partial charge in [-0.2, -0.15) is 0 Å². The van der Waals surface area contributed by atoms with E-state index in [1.807, 2.05) is 24.4 Å². The van der Waals surface area contributed by atoms with Crippen LogP contribution in [0.2, 0.25) is 0 Å². The highest BCUT2D eigenvalue weighted by Gasteiger charge is 2.14. The van der Waals surface area contributed by atoms with E-state index in [-0.39, 0.29) is 12.0 Å². The van der Waals surface area contributed by atoms with Gasteiger partial charge in [0.05, 0.1) is 12.7 Å². The molecule has 0 aliphatic carbocycles. The Kier molecular flexibility index (Phi) is 4.52. The smallest absolute Gasteiger partial charge is 0.220 e. The molecule has 5 heteroatoms. The predicted molar refractivity (Wildman–Crippen MR) is 82.2 cm³/mol. The van der Waals surface area contributed by atoms with Crippen molar-refractivity contribution in [3.8, 4) is 0 Å². The van der Waals surface area contributed by atoms with Crippen LogP contribution in [0.4, 0.5) is 0 Å². The number of rotatable bonds is 5. The number of ether oxygens (including phenoxy) is 1.